The van der Waals surface area contributed by atoms with Crippen molar-refractivity contribution in [2.24, 2.45) is 5.92 Å². The first-order valence-electron chi connectivity index (χ1n) is 7.25. The van der Waals surface area contributed by atoms with Gasteiger partial charge in [-0.3, -0.25) is 4.79 Å². The van der Waals surface area contributed by atoms with E-state index in [0.717, 1.165) is 4.90 Å². The van der Waals surface area contributed by atoms with Crippen LogP contribution in [-0.2, 0) is 0 Å². The minimum atomic E-state index is -4.34. The first kappa shape index (κ1) is 15.6. The molecule has 23 heavy (non-hydrogen) atoms. The van der Waals surface area contributed by atoms with E-state index in [0.29, 0.717) is 11.0 Å². The third kappa shape index (κ3) is 3.09. The zero-order valence-corrected chi connectivity index (χ0v) is 12.1. The summed E-state index contributed by atoms with van der Waals surface area (Å²) in [6.45, 7) is -0.216. The lowest BCUT2D eigenvalue weighted by molar-refractivity contribution is -0.184. The summed E-state index contributed by atoms with van der Waals surface area (Å²) in [5.41, 5.74) is -0.727. The second-order valence-corrected chi connectivity index (χ2v) is 5.62. The second-order valence-electron chi connectivity index (χ2n) is 5.62. The molecule has 0 N–H and O–H groups in total. The monoisotopic (exact) mass is 325 g/mol. The molecule has 1 fully saturated rings. The fourth-order valence-electron chi connectivity index (χ4n) is 2.81. The van der Waals surface area contributed by atoms with E-state index >= 15 is 0 Å². The number of rotatable bonds is 1. The van der Waals surface area contributed by atoms with Gasteiger partial charge < -0.3 is 9.32 Å². The standard InChI is InChI=1S/C16H14F3NO3/c17-16(18,19)11-5-3-7-20(9-11)14(21)12-8-10-4-1-2-6-13(10)23-15(12)22/h1-2,4,6,8,11H,3,5,7,9H2/t11-/m1/s1. The maximum atomic E-state index is 12.8. The van der Waals surface area contributed by atoms with Crippen molar-refractivity contribution in [2.45, 2.75) is 19.0 Å². The van der Waals surface area contributed by atoms with Crippen LogP contribution in [0.1, 0.15) is 23.2 Å². The SMILES string of the molecule is O=C(c1cc2ccccc2oc1=O)N1CCC[C@@H](C(F)(F)F)C1. The smallest absolute Gasteiger partial charge is 0.393 e. The fourth-order valence-corrected chi connectivity index (χ4v) is 2.81. The first-order chi connectivity index (χ1) is 10.9. The number of benzene rings is 1. The molecule has 1 aromatic carbocycles. The van der Waals surface area contributed by atoms with Gasteiger partial charge in [0, 0.05) is 18.5 Å². The van der Waals surface area contributed by atoms with E-state index in [1.807, 2.05) is 0 Å². The molecule has 1 amide bonds. The zero-order valence-electron chi connectivity index (χ0n) is 12.1. The molecular formula is C16H14F3NO3. The largest absolute Gasteiger partial charge is 0.422 e. The van der Waals surface area contributed by atoms with E-state index in [9.17, 15) is 22.8 Å². The van der Waals surface area contributed by atoms with Gasteiger partial charge in [-0.15, -0.1) is 0 Å². The normalized spacial score (nSPS) is 19.1. The average molecular weight is 325 g/mol. The Morgan fingerprint density at radius 1 is 1.26 bits per heavy atom. The van der Waals surface area contributed by atoms with E-state index in [-0.39, 0.29) is 24.9 Å². The van der Waals surface area contributed by atoms with Gasteiger partial charge in [-0.1, -0.05) is 18.2 Å². The number of fused-ring (bicyclic) bond motifs is 1. The fraction of sp³-hybridized carbons (Fsp3) is 0.375. The topological polar surface area (TPSA) is 50.5 Å². The zero-order chi connectivity index (χ0) is 16.6. The summed E-state index contributed by atoms with van der Waals surface area (Å²) >= 11 is 0. The van der Waals surface area contributed by atoms with Crippen molar-refractivity contribution in [3.8, 4) is 0 Å². The van der Waals surface area contributed by atoms with Crippen LogP contribution in [0.2, 0.25) is 0 Å². The van der Waals surface area contributed by atoms with Crippen molar-refractivity contribution >= 4 is 16.9 Å². The number of halogens is 3. The summed E-state index contributed by atoms with van der Waals surface area (Å²) in [7, 11) is 0. The summed E-state index contributed by atoms with van der Waals surface area (Å²) < 4.78 is 43.6. The Balaban J connectivity index is 1.91. The van der Waals surface area contributed by atoms with Crippen LogP contribution in [0.4, 0.5) is 13.2 Å². The number of nitrogens with zero attached hydrogens (tertiary/aromatic N) is 1. The minimum Gasteiger partial charge on any atom is -0.422 e. The number of alkyl halides is 3. The van der Waals surface area contributed by atoms with Crippen molar-refractivity contribution in [2.75, 3.05) is 13.1 Å². The van der Waals surface area contributed by atoms with Gasteiger partial charge in [0.15, 0.2) is 0 Å². The number of carbonyl (C=O) groups excluding carboxylic acids is 1. The highest BCUT2D eigenvalue weighted by molar-refractivity contribution is 5.96. The molecule has 1 aliphatic heterocycles. The Bertz CT molecular complexity index is 797. The van der Waals surface area contributed by atoms with Crippen LogP contribution >= 0.6 is 0 Å². The van der Waals surface area contributed by atoms with Crippen molar-refractivity contribution < 1.29 is 22.4 Å². The summed E-state index contributed by atoms with van der Waals surface area (Å²) in [4.78, 5) is 25.5. The van der Waals surface area contributed by atoms with E-state index in [2.05, 4.69) is 0 Å². The molecule has 1 atom stereocenters. The third-order valence-electron chi connectivity index (χ3n) is 4.04. The molecule has 0 bridgehead atoms. The molecular weight excluding hydrogens is 311 g/mol. The summed E-state index contributed by atoms with van der Waals surface area (Å²) in [5, 5.41) is 0.555. The van der Waals surface area contributed by atoms with Crippen LogP contribution in [0.25, 0.3) is 11.0 Å². The van der Waals surface area contributed by atoms with E-state index < -0.39 is 30.2 Å². The van der Waals surface area contributed by atoms with Crippen LogP contribution in [-0.4, -0.2) is 30.1 Å². The summed E-state index contributed by atoms with van der Waals surface area (Å²) in [6, 6.07) is 8.04. The number of amides is 1. The van der Waals surface area contributed by atoms with Gasteiger partial charge in [0.25, 0.3) is 5.91 Å². The van der Waals surface area contributed by atoms with Crippen LogP contribution < -0.4 is 5.63 Å². The molecule has 1 saturated heterocycles. The molecule has 1 aliphatic rings. The van der Waals surface area contributed by atoms with Gasteiger partial charge in [-0.2, -0.15) is 13.2 Å². The van der Waals surface area contributed by atoms with Crippen LogP contribution in [0.15, 0.2) is 39.5 Å². The molecule has 3 rings (SSSR count). The Labute approximate surface area is 129 Å². The molecule has 2 aromatic rings. The lowest BCUT2D eigenvalue weighted by Crippen LogP contribution is -2.45. The highest BCUT2D eigenvalue weighted by Crippen LogP contribution is 2.33. The highest BCUT2D eigenvalue weighted by atomic mass is 19.4. The molecule has 7 heteroatoms. The molecule has 0 radical (unpaired) electrons. The van der Waals surface area contributed by atoms with Crippen LogP contribution in [0.5, 0.6) is 0 Å². The Kier molecular flexibility index (Phi) is 3.87. The molecule has 0 saturated carbocycles. The molecule has 0 aliphatic carbocycles. The summed E-state index contributed by atoms with van der Waals surface area (Å²) in [6.07, 6.45) is -4.08. The Morgan fingerprint density at radius 2 is 2.00 bits per heavy atom. The van der Waals surface area contributed by atoms with Gasteiger partial charge in [0.2, 0.25) is 0 Å². The van der Waals surface area contributed by atoms with Crippen LogP contribution in [0.3, 0.4) is 0 Å². The molecule has 4 nitrogen and oxygen atoms in total. The number of hydrogen-bond donors (Lipinski definition) is 0. The van der Waals surface area contributed by atoms with Crippen molar-refractivity contribution in [1.29, 1.82) is 0 Å². The van der Waals surface area contributed by atoms with Crippen LogP contribution in [0, 0.1) is 5.92 Å². The lowest BCUT2D eigenvalue weighted by atomic mass is 9.97. The maximum Gasteiger partial charge on any atom is 0.393 e. The quantitative estimate of drug-likeness (QED) is 0.757. The first-order valence-corrected chi connectivity index (χ1v) is 7.25. The predicted octanol–water partition coefficient (Wildman–Crippen LogP) is 3.21. The Morgan fingerprint density at radius 3 is 2.74 bits per heavy atom. The maximum absolute atomic E-state index is 12.8. The number of likely N-dealkylation sites (tertiary alicyclic amines) is 1. The number of para-hydroxylation sites is 1. The minimum absolute atomic E-state index is 0.000389. The predicted molar refractivity (Wildman–Crippen MR) is 77.2 cm³/mol. The molecule has 0 unspecified atom stereocenters. The molecule has 122 valence electrons. The van der Waals surface area contributed by atoms with E-state index in [1.165, 1.54) is 6.07 Å². The Hall–Kier alpha value is -2.31. The average Bonchev–Trinajstić information content (AvgIpc) is 2.53. The van der Waals surface area contributed by atoms with Gasteiger partial charge >= 0.3 is 11.8 Å². The number of carbonyl (C=O) groups is 1. The van der Waals surface area contributed by atoms with Crippen molar-refractivity contribution in [3.05, 3.63) is 46.3 Å². The summed E-state index contributed by atoms with van der Waals surface area (Å²) in [5.74, 6) is -2.26. The van der Waals surface area contributed by atoms with E-state index in [1.54, 1.807) is 24.3 Å². The lowest BCUT2D eigenvalue weighted by Gasteiger charge is -2.33. The number of hydrogen-bond acceptors (Lipinski definition) is 3. The van der Waals surface area contributed by atoms with Gasteiger partial charge in [0.1, 0.15) is 11.1 Å². The molecule has 2 heterocycles. The van der Waals surface area contributed by atoms with Gasteiger partial charge in [0.05, 0.1) is 5.92 Å². The van der Waals surface area contributed by atoms with Crippen molar-refractivity contribution in [1.82, 2.24) is 4.90 Å². The highest BCUT2D eigenvalue weighted by Gasteiger charge is 2.43. The number of piperidine rings is 1. The third-order valence-corrected chi connectivity index (χ3v) is 4.04. The van der Waals surface area contributed by atoms with E-state index in [4.69, 9.17) is 4.42 Å². The molecule has 0 spiro atoms. The molecule has 1 aromatic heterocycles. The van der Waals surface area contributed by atoms with Gasteiger partial charge in [-0.05, 0) is 25.0 Å². The van der Waals surface area contributed by atoms with Crippen molar-refractivity contribution in [3.63, 3.8) is 0 Å². The van der Waals surface area contributed by atoms with Gasteiger partial charge in [-0.25, -0.2) is 4.79 Å². The second kappa shape index (κ2) is 5.72.